The van der Waals surface area contributed by atoms with Gasteiger partial charge in [-0.1, -0.05) is 94.5 Å². The Balaban J connectivity index is 1.29. The Morgan fingerprint density at radius 1 is 0.917 bits per heavy atom. The third kappa shape index (κ3) is 16.5. The Kier molecular flexibility index (Phi) is 20.8. The van der Waals surface area contributed by atoms with Crippen LogP contribution in [-0.4, -0.2) is 66.6 Å². The molecule has 1 amide bonds. The summed E-state index contributed by atoms with van der Waals surface area (Å²) in [6.07, 6.45) is 11.0. The van der Waals surface area contributed by atoms with Crippen molar-refractivity contribution in [3.05, 3.63) is 98.6 Å². The molecule has 1 aromatic heterocycles. The molecule has 0 bridgehead atoms. The molecule has 3 aromatic carbocycles. The highest BCUT2D eigenvalue weighted by Gasteiger charge is 2.23. The number of non-ortho nitro benzene ring substituents is 1. The molecule has 0 spiro atoms. The second-order valence-electron chi connectivity index (χ2n) is 13.8. The van der Waals surface area contributed by atoms with Crippen LogP contribution in [0.3, 0.4) is 0 Å². The van der Waals surface area contributed by atoms with Gasteiger partial charge in [-0.25, -0.2) is 14.4 Å². The largest absolute Gasteiger partial charge is 0.488 e. The van der Waals surface area contributed by atoms with Crippen molar-refractivity contribution >= 4 is 46.2 Å². The minimum atomic E-state index is -0.961. The maximum absolute atomic E-state index is 13.5. The van der Waals surface area contributed by atoms with Crippen molar-refractivity contribution in [1.29, 1.82) is 0 Å². The molecule has 4 aromatic rings. The number of aromatic nitrogens is 4. The fraction of sp³-hybridized carbons (Fsp3) is 0.476. The van der Waals surface area contributed by atoms with Crippen LogP contribution < -0.4 is 9.47 Å². The number of carbonyl (C=O) groups is 3. The number of aryl methyl sites for hydroxylation is 1. The lowest BCUT2D eigenvalue weighted by Crippen LogP contribution is -2.27. The molecular weight excluding hydrogens is 816 g/mol. The Bertz CT molecular complexity index is 1970. The SMILES string of the molecule is CCCCCCCCCCCCOOC(C)OC(=O)c1ccc(Cl)c(COc2ccc([N+](=O)[O-])cc2CN(CC)C(=O)Sc2nnnn2CCC(=O)Oc2ccccc2)c1. The van der Waals surface area contributed by atoms with E-state index < -0.39 is 28.4 Å². The summed E-state index contributed by atoms with van der Waals surface area (Å²) in [6.45, 7) is 6.03. The molecule has 0 aliphatic rings. The number of ether oxygens (including phenoxy) is 3. The number of halogens is 1. The fourth-order valence-corrected chi connectivity index (χ4v) is 6.84. The number of nitro groups is 1. The highest BCUT2D eigenvalue weighted by Crippen LogP contribution is 2.30. The number of benzene rings is 3. The van der Waals surface area contributed by atoms with E-state index in [4.69, 9.17) is 35.6 Å². The smallest absolute Gasteiger partial charge is 0.340 e. The van der Waals surface area contributed by atoms with E-state index in [1.54, 1.807) is 44.2 Å². The van der Waals surface area contributed by atoms with Gasteiger partial charge in [0.15, 0.2) is 0 Å². The van der Waals surface area contributed by atoms with Crippen molar-refractivity contribution in [2.24, 2.45) is 0 Å². The first kappa shape index (κ1) is 47.6. The lowest BCUT2D eigenvalue weighted by Gasteiger charge is -2.22. The zero-order chi connectivity index (χ0) is 43.1. The molecule has 60 heavy (non-hydrogen) atoms. The van der Waals surface area contributed by atoms with Crippen LogP contribution in [-0.2, 0) is 39.0 Å². The summed E-state index contributed by atoms with van der Waals surface area (Å²) in [4.78, 5) is 62.0. The number of thioether (sulfide) groups is 1. The topological polar surface area (TPSA) is 187 Å². The summed E-state index contributed by atoms with van der Waals surface area (Å²) in [6, 6.07) is 17.2. The van der Waals surface area contributed by atoms with Gasteiger partial charge in [-0.3, -0.25) is 19.7 Å². The summed E-state index contributed by atoms with van der Waals surface area (Å²) < 4.78 is 18.1. The zero-order valence-corrected chi connectivity index (χ0v) is 35.9. The van der Waals surface area contributed by atoms with Crippen LogP contribution >= 0.6 is 23.4 Å². The van der Waals surface area contributed by atoms with E-state index in [1.165, 1.54) is 90.9 Å². The van der Waals surface area contributed by atoms with Crippen molar-refractivity contribution < 1.29 is 43.3 Å². The van der Waals surface area contributed by atoms with Gasteiger partial charge < -0.3 is 19.1 Å². The number of nitro benzene ring substituents is 1. The van der Waals surface area contributed by atoms with Crippen LogP contribution in [0.4, 0.5) is 10.5 Å². The Labute approximate surface area is 359 Å². The number of hydrogen-bond donors (Lipinski definition) is 0. The van der Waals surface area contributed by atoms with Gasteiger partial charge in [0, 0.05) is 53.5 Å². The van der Waals surface area contributed by atoms with Crippen LogP contribution in [0.15, 0.2) is 71.9 Å². The first-order valence-corrected chi connectivity index (χ1v) is 21.4. The Hall–Kier alpha value is -5.10. The summed E-state index contributed by atoms with van der Waals surface area (Å²) in [5.41, 5.74) is 0.784. The fourth-order valence-electron chi connectivity index (χ4n) is 5.87. The van der Waals surface area contributed by atoms with E-state index >= 15 is 0 Å². The molecule has 18 heteroatoms. The van der Waals surface area contributed by atoms with E-state index in [1.807, 2.05) is 0 Å². The molecule has 16 nitrogen and oxygen atoms in total. The molecule has 0 aliphatic carbocycles. The van der Waals surface area contributed by atoms with Crippen LogP contribution in [0, 0.1) is 10.1 Å². The highest BCUT2D eigenvalue weighted by molar-refractivity contribution is 8.13. The zero-order valence-electron chi connectivity index (χ0n) is 34.3. The first-order chi connectivity index (χ1) is 29.1. The third-order valence-corrected chi connectivity index (χ3v) is 10.4. The average Bonchev–Trinajstić information content (AvgIpc) is 3.68. The number of rotatable bonds is 27. The van der Waals surface area contributed by atoms with E-state index in [-0.39, 0.29) is 54.8 Å². The summed E-state index contributed by atoms with van der Waals surface area (Å²) >= 11 is 7.22. The van der Waals surface area contributed by atoms with Crippen LogP contribution in [0.25, 0.3) is 0 Å². The number of amides is 1. The van der Waals surface area contributed by atoms with Crippen molar-refractivity contribution in [3.8, 4) is 11.5 Å². The third-order valence-electron chi connectivity index (χ3n) is 9.16. The van der Waals surface area contributed by atoms with Gasteiger partial charge in [0.05, 0.1) is 36.6 Å². The standard InChI is InChI=1S/C42H53ClN6O10S/c1-4-6-7-8-9-10-11-12-13-17-26-56-59-31(3)57-40(51)32-20-22-37(43)34(27-32)30-55-38-23-21-35(49(53)54)28-33(38)29-47(5-2)42(52)60-41-44-45-46-48(41)25-24-39(50)58-36-18-15-14-16-19-36/h14-16,18-23,27-28,31H,4-13,17,24-26,29-30H2,1-3H3. The van der Waals surface area contributed by atoms with Crippen molar-refractivity contribution in [3.63, 3.8) is 0 Å². The molecule has 324 valence electrons. The number of hydrogen-bond acceptors (Lipinski definition) is 14. The molecule has 0 saturated heterocycles. The number of tetrazole rings is 1. The molecule has 0 fully saturated rings. The number of nitrogens with zero attached hydrogens (tertiary/aromatic N) is 6. The second-order valence-corrected chi connectivity index (χ2v) is 15.1. The summed E-state index contributed by atoms with van der Waals surface area (Å²) in [5.74, 6) is -0.504. The minimum Gasteiger partial charge on any atom is -0.488 e. The minimum absolute atomic E-state index is 0.0519. The van der Waals surface area contributed by atoms with Gasteiger partial charge in [-0.15, -0.1) is 5.10 Å². The molecule has 0 N–H and O–H groups in total. The number of unbranched alkanes of at least 4 members (excludes halogenated alkanes) is 9. The predicted octanol–water partition coefficient (Wildman–Crippen LogP) is 9.92. The maximum Gasteiger partial charge on any atom is 0.340 e. The van der Waals surface area contributed by atoms with Gasteiger partial charge in [0.1, 0.15) is 18.1 Å². The van der Waals surface area contributed by atoms with Crippen molar-refractivity contribution in [2.45, 2.75) is 123 Å². The molecule has 1 unspecified atom stereocenters. The van der Waals surface area contributed by atoms with Crippen LogP contribution in [0.2, 0.25) is 5.02 Å². The molecule has 1 heterocycles. The van der Waals surface area contributed by atoms with Gasteiger partial charge in [-0.2, -0.15) is 4.89 Å². The van der Waals surface area contributed by atoms with E-state index in [0.29, 0.717) is 28.5 Å². The highest BCUT2D eigenvalue weighted by atomic mass is 35.5. The summed E-state index contributed by atoms with van der Waals surface area (Å²) in [7, 11) is 0. The first-order valence-electron chi connectivity index (χ1n) is 20.2. The van der Waals surface area contributed by atoms with Crippen molar-refractivity contribution in [1.82, 2.24) is 25.1 Å². The number of para-hydroxylation sites is 1. The lowest BCUT2D eigenvalue weighted by molar-refractivity contribution is -0.385. The second kappa shape index (κ2) is 26.2. The predicted molar refractivity (Wildman–Crippen MR) is 224 cm³/mol. The van der Waals surface area contributed by atoms with E-state index in [2.05, 4.69) is 22.4 Å². The molecule has 0 radical (unpaired) electrons. The van der Waals surface area contributed by atoms with E-state index in [9.17, 15) is 24.5 Å². The van der Waals surface area contributed by atoms with Crippen molar-refractivity contribution in [2.75, 3.05) is 13.2 Å². The number of carbonyl (C=O) groups excluding carboxylic acids is 3. The molecular formula is C42H53ClN6O10S. The number of esters is 2. The van der Waals surface area contributed by atoms with Gasteiger partial charge in [0.2, 0.25) is 11.4 Å². The monoisotopic (exact) mass is 868 g/mol. The van der Waals surface area contributed by atoms with Gasteiger partial charge >= 0.3 is 11.9 Å². The van der Waals surface area contributed by atoms with E-state index in [0.717, 1.165) is 31.0 Å². The average molecular weight is 869 g/mol. The maximum atomic E-state index is 13.5. The van der Waals surface area contributed by atoms with Gasteiger partial charge in [0.25, 0.3) is 10.9 Å². The quantitative estimate of drug-likeness (QED) is 0.00805. The Morgan fingerprint density at radius 2 is 1.63 bits per heavy atom. The van der Waals surface area contributed by atoms with Crippen LogP contribution in [0.1, 0.15) is 113 Å². The van der Waals surface area contributed by atoms with Crippen LogP contribution in [0.5, 0.6) is 11.5 Å². The summed E-state index contributed by atoms with van der Waals surface area (Å²) in [5, 5.41) is 23.2. The molecule has 4 rings (SSSR count). The normalized spacial score (nSPS) is 11.5. The van der Waals surface area contributed by atoms with Gasteiger partial charge in [-0.05, 0) is 60.2 Å². The molecule has 1 atom stereocenters. The lowest BCUT2D eigenvalue weighted by atomic mass is 10.1. The Morgan fingerprint density at radius 3 is 2.33 bits per heavy atom. The molecule has 0 aliphatic heterocycles. The molecule has 0 saturated carbocycles.